The number of nitrogens with one attached hydrogen (secondary N) is 2. The highest BCUT2D eigenvalue weighted by Crippen LogP contribution is 2.30. The summed E-state index contributed by atoms with van der Waals surface area (Å²) in [7, 11) is 0. The summed E-state index contributed by atoms with van der Waals surface area (Å²) in [6.07, 6.45) is 1.82. The summed E-state index contributed by atoms with van der Waals surface area (Å²) in [6, 6.07) is 6.97. The van der Waals surface area contributed by atoms with Crippen LogP contribution in [0.4, 0.5) is 16.6 Å². The molecule has 2 heterocycles. The van der Waals surface area contributed by atoms with Crippen LogP contribution in [0.2, 0.25) is 0 Å². The van der Waals surface area contributed by atoms with Crippen molar-refractivity contribution < 1.29 is 9.59 Å². The van der Waals surface area contributed by atoms with E-state index < -0.39 is 17.9 Å². The van der Waals surface area contributed by atoms with Gasteiger partial charge >= 0.3 is 0 Å². The summed E-state index contributed by atoms with van der Waals surface area (Å²) < 4.78 is 4.33. The molecule has 0 aliphatic heterocycles. The molecule has 26 heavy (non-hydrogen) atoms. The maximum absolute atomic E-state index is 11.7. The monoisotopic (exact) mass is 371 g/mol. The number of primary amides is 2. The highest BCUT2D eigenvalue weighted by atomic mass is 32.1. The fourth-order valence-electron chi connectivity index (χ4n) is 2.37. The summed E-state index contributed by atoms with van der Waals surface area (Å²) in [4.78, 5) is 31.5. The molecule has 0 saturated heterocycles. The van der Waals surface area contributed by atoms with Gasteiger partial charge in [0.1, 0.15) is 16.9 Å². The Hall–Kier alpha value is -3.27. The van der Waals surface area contributed by atoms with Crippen molar-refractivity contribution in [2.45, 2.75) is 19.4 Å². The molecular formula is C16H17N7O2S. The van der Waals surface area contributed by atoms with Crippen LogP contribution in [0.5, 0.6) is 0 Å². The van der Waals surface area contributed by atoms with Crippen molar-refractivity contribution in [3.63, 3.8) is 0 Å². The number of carbonyl (C=O) groups is 2. The molecule has 0 aliphatic rings. The van der Waals surface area contributed by atoms with E-state index in [1.807, 2.05) is 31.2 Å². The van der Waals surface area contributed by atoms with E-state index in [-0.39, 0.29) is 11.5 Å². The lowest BCUT2D eigenvalue weighted by atomic mass is 10.2. The molecule has 0 unspecified atom stereocenters. The van der Waals surface area contributed by atoms with E-state index in [0.717, 1.165) is 10.9 Å². The van der Waals surface area contributed by atoms with Crippen molar-refractivity contribution in [2.24, 2.45) is 11.5 Å². The van der Waals surface area contributed by atoms with Gasteiger partial charge in [-0.25, -0.2) is 9.97 Å². The zero-order chi connectivity index (χ0) is 18.7. The van der Waals surface area contributed by atoms with Crippen LogP contribution in [0, 0.1) is 0 Å². The molecule has 1 aromatic carbocycles. The van der Waals surface area contributed by atoms with E-state index in [1.54, 1.807) is 0 Å². The fraction of sp³-hybridized carbons (Fsp3) is 0.188. The van der Waals surface area contributed by atoms with E-state index >= 15 is 0 Å². The van der Waals surface area contributed by atoms with E-state index in [1.165, 1.54) is 17.7 Å². The summed E-state index contributed by atoms with van der Waals surface area (Å²) in [6.45, 7) is 1.82. The lowest BCUT2D eigenvalue weighted by Crippen LogP contribution is -2.35. The second-order valence-corrected chi connectivity index (χ2v) is 6.25. The number of hydrogen-bond acceptors (Lipinski definition) is 8. The predicted molar refractivity (Wildman–Crippen MR) is 100 cm³/mol. The average Bonchev–Trinajstić information content (AvgIpc) is 3.02. The summed E-state index contributed by atoms with van der Waals surface area (Å²) in [5.41, 5.74) is 11.5. The van der Waals surface area contributed by atoms with E-state index in [4.69, 9.17) is 11.5 Å². The van der Waals surface area contributed by atoms with Crippen LogP contribution in [-0.2, 0) is 4.79 Å². The molecule has 0 bridgehead atoms. The highest BCUT2D eigenvalue weighted by molar-refractivity contribution is 7.11. The number of rotatable bonds is 7. The lowest BCUT2D eigenvalue weighted by Gasteiger charge is -2.15. The minimum atomic E-state index is -0.720. The van der Waals surface area contributed by atoms with Gasteiger partial charge in [0.2, 0.25) is 5.91 Å². The first-order valence-corrected chi connectivity index (χ1v) is 8.61. The topological polar surface area (TPSA) is 149 Å². The van der Waals surface area contributed by atoms with Gasteiger partial charge in [0.05, 0.1) is 11.7 Å². The minimum Gasteiger partial charge on any atom is -0.368 e. The maximum atomic E-state index is 11.7. The molecule has 9 nitrogen and oxygen atoms in total. The normalized spacial score (nSPS) is 11.9. The number of amides is 2. The van der Waals surface area contributed by atoms with Crippen molar-refractivity contribution >= 4 is 50.9 Å². The molecule has 3 aromatic rings. The third-order valence-corrected chi connectivity index (χ3v) is 4.49. The molecular weight excluding hydrogens is 354 g/mol. The molecule has 0 aliphatic carbocycles. The number of carbonyl (C=O) groups excluding carboxylic acids is 2. The lowest BCUT2D eigenvalue weighted by molar-refractivity contribution is -0.118. The number of fused-ring (bicyclic) bond motifs is 1. The van der Waals surface area contributed by atoms with Crippen LogP contribution >= 0.6 is 11.5 Å². The van der Waals surface area contributed by atoms with Gasteiger partial charge in [-0.15, -0.1) is 0 Å². The molecule has 0 saturated carbocycles. The smallest absolute Gasteiger partial charge is 0.271 e. The number of hydrogen-bond donors (Lipinski definition) is 4. The Kier molecular flexibility index (Phi) is 4.94. The van der Waals surface area contributed by atoms with Gasteiger partial charge in [-0.05, 0) is 30.1 Å². The third-order valence-electron chi connectivity index (χ3n) is 3.70. The van der Waals surface area contributed by atoms with Crippen LogP contribution in [-0.4, -0.2) is 32.2 Å². The van der Waals surface area contributed by atoms with Crippen LogP contribution in [0.25, 0.3) is 10.9 Å². The van der Waals surface area contributed by atoms with Crippen LogP contribution in [0.3, 0.4) is 0 Å². The van der Waals surface area contributed by atoms with Crippen molar-refractivity contribution in [1.29, 1.82) is 0 Å². The molecule has 1 atom stereocenters. The molecule has 10 heteroatoms. The van der Waals surface area contributed by atoms with Gasteiger partial charge < -0.3 is 22.1 Å². The van der Waals surface area contributed by atoms with Crippen molar-refractivity contribution in [2.75, 3.05) is 10.6 Å². The Morgan fingerprint density at radius 3 is 2.73 bits per heavy atom. The number of anilines is 3. The van der Waals surface area contributed by atoms with Crippen molar-refractivity contribution in [3.8, 4) is 0 Å². The molecule has 3 rings (SSSR count). The van der Waals surface area contributed by atoms with Gasteiger partial charge in [0.25, 0.3) is 5.91 Å². The molecule has 0 radical (unpaired) electrons. The third kappa shape index (κ3) is 3.54. The first-order chi connectivity index (χ1) is 12.5. The number of benzene rings is 1. The summed E-state index contributed by atoms with van der Waals surface area (Å²) in [5, 5.41) is 7.55. The van der Waals surface area contributed by atoms with Crippen LogP contribution < -0.4 is 22.1 Å². The van der Waals surface area contributed by atoms with Crippen LogP contribution in [0.15, 0.2) is 30.5 Å². The van der Waals surface area contributed by atoms with Gasteiger partial charge in [0, 0.05) is 5.39 Å². The Morgan fingerprint density at radius 2 is 2.04 bits per heavy atom. The Balaban J connectivity index is 1.97. The Morgan fingerprint density at radius 1 is 1.27 bits per heavy atom. The first-order valence-electron chi connectivity index (χ1n) is 7.83. The summed E-state index contributed by atoms with van der Waals surface area (Å²) in [5.74, 6) is -0.744. The quantitative estimate of drug-likeness (QED) is 0.493. The number of nitrogens with two attached hydrogens (primary N) is 2. The van der Waals surface area contributed by atoms with Crippen molar-refractivity contribution in [3.05, 3.63) is 36.2 Å². The molecule has 0 spiro atoms. The van der Waals surface area contributed by atoms with Crippen LogP contribution in [0.1, 0.15) is 23.8 Å². The van der Waals surface area contributed by atoms with E-state index in [0.29, 0.717) is 17.2 Å². The Labute approximate surface area is 153 Å². The second kappa shape index (κ2) is 7.31. The molecule has 0 fully saturated rings. The number of aromatic nitrogens is 3. The summed E-state index contributed by atoms with van der Waals surface area (Å²) >= 11 is 1.23. The average molecular weight is 371 g/mol. The fourth-order valence-corrected chi connectivity index (χ4v) is 3.13. The second-order valence-electron chi connectivity index (χ2n) is 5.48. The maximum Gasteiger partial charge on any atom is 0.271 e. The predicted octanol–water partition coefficient (Wildman–Crippen LogP) is 1.60. The Bertz CT molecular complexity index is 972. The largest absolute Gasteiger partial charge is 0.368 e. The SMILES string of the molecule is CC[C@@H](Nc1cnc(C(N)=O)c(Nc2snc3ccccc23)n1)C(N)=O. The van der Waals surface area contributed by atoms with Gasteiger partial charge in [-0.2, -0.15) is 4.37 Å². The highest BCUT2D eigenvalue weighted by Gasteiger charge is 2.18. The zero-order valence-corrected chi connectivity index (χ0v) is 14.7. The molecule has 6 N–H and O–H groups in total. The van der Waals surface area contributed by atoms with Crippen molar-refractivity contribution in [1.82, 2.24) is 14.3 Å². The number of nitrogens with zero attached hydrogens (tertiary/aromatic N) is 3. The van der Waals surface area contributed by atoms with E-state index in [9.17, 15) is 9.59 Å². The molecule has 2 aromatic heterocycles. The van der Waals surface area contributed by atoms with Gasteiger partial charge in [-0.3, -0.25) is 9.59 Å². The first kappa shape index (κ1) is 17.5. The minimum absolute atomic E-state index is 0.0137. The standard InChI is InChI=1S/C16H17N7O2S/c1-2-9(13(17)24)20-11-7-19-12(14(18)25)15(21-11)22-16-8-5-3-4-6-10(8)23-26-16/h3-7,9H,2H2,1H3,(H2,17,24)(H2,18,25)(H2,20,21,22)/t9-/m1/s1. The zero-order valence-electron chi connectivity index (χ0n) is 13.9. The van der Waals surface area contributed by atoms with Gasteiger partial charge in [-0.1, -0.05) is 19.1 Å². The molecule has 2 amide bonds. The van der Waals surface area contributed by atoms with Gasteiger partial charge in [0.15, 0.2) is 11.5 Å². The van der Waals surface area contributed by atoms with E-state index in [2.05, 4.69) is 25.0 Å². The molecule has 134 valence electrons.